The van der Waals surface area contributed by atoms with Crippen molar-refractivity contribution >= 4 is 5.91 Å². The lowest BCUT2D eigenvalue weighted by atomic mass is 10.3. The molecule has 0 atom stereocenters. The van der Waals surface area contributed by atoms with Gasteiger partial charge in [0.2, 0.25) is 0 Å². The Kier molecular flexibility index (Phi) is 0.897. The van der Waals surface area contributed by atoms with Crippen LogP contribution in [-0.4, -0.2) is 5.91 Å². The number of carbonyl (C=O) groups is 1. The van der Waals surface area contributed by atoms with Crippen molar-refractivity contribution in [2.75, 3.05) is 0 Å². The number of hydrogen-bond donors (Lipinski definition) is 1. The highest BCUT2D eigenvalue weighted by Crippen LogP contribution is 2.18. The number of amides is 1. The van der Waals surface area contributed by atoms with Crippen molar-refractivity contribution in [1.29, 1.82) is 0 Å². The molecular weight excluding hydrogens is 130 g/mol. The molecule has 3 heteroatoms. The van der Waals surface area contributed by atoms with Gasteiger partial charge in [-0.25, -0.2) is 0 Å². The predicted molar refractivity (Wildman–Crippen MR) is 34.6 cm³/mol. The molecule has 0 saturated heterocycles. The van der Waals surface area contributed by atoms with Crippen LogP contribution >= 0.6 is 0 Å². The minimum Gasteiger partial charge on any atom is -0.464 e. The van der Waals surface area contributed by atoms with E-state index in [1.807, 2.05) is 6.92 Å². The van der Waals surface area contributed by atoms with Gasteiger partial charge in [-0.15, -0.1) is 0 Å². The number of fused-ring (bicyclic) bond motifs is 1. The zero-order valence-electron chi connectivity index (χ0n) is 5.60. The van der Waals surface area contributed by atoms with Crippen molar-refractivity contribution in [2.24, 2.45) is 0 Å². The van der Waals surface area contributed by atoms with Crippen molar-refractivity contribution < 1.29 is 9.21 Å². The molecule has 52 valence electrons. The van der Waals surface area contributed by atoms with Crippen LogP contribution in [0.5, 0.6) is 0 Å². The van der Waals surface area contributed by atoms with Gasteiger partial charge < -0.3 is 9.73 Å². The maximum absolute atomic E-state index is 10.9. The Balaban J connectivity index is 2.59. The van der Waals surface area contributed by atoms with Gasteiger partial charge in [-0.1, -0.05) is 0 Å². The molecule has 1 aliphatic rings. The largest absolute Gasteiger partial charge is 0.464 e. The summed E-state index contributed by atoms with van der Waals surface area (Å²) in [4.78, 5) is 10.9. The lowest BCUT2D eigenvalue weighted by Gasteiger charge is -1.87. The second-order valence-corrected chi connectivity index (χ2v) is 2.38. The maximum Gasteiger partial charge on any atom is 0.255 e. The zero-order valence-corrected chi connectivity index (χ0v) is 5.60. The summed E-state index contributed by atoms with van der Waals surface area (Å²) in [6.07, 6.45) is 0. The number of hydrogen-bond acceptors (Lipinski definition) is 2. The van der Waals surface area contributed by atoms with E-state index in [0.717, 1.165) is 11.5 Å². The van der Waals surface area contributed by atoms with E-state index in [1.165, 1.54) is 0 Å². The summed E-state index contributed by atoms with van der Waals surface area (Å²) in [6, 6.07) is 1.76. The fraction of sp³-hybridized carbons (Fsp3) is 0.286. The van der Waals surface area contributed by atoms with Crippen molar-refractivity contribution in [3.63, 3.8) is 0 Å². The predicted octanol–water partition coefficient (Wildman–Crippen LogP) is 0.831. The molecule has 0 unspecified atom stereocenters. The second-order valence-electron chi connectivity index (χ2n) is 2.38. The van der Waals surface area contributed by atoms with E-state index in [9.17, 15) is 4.79 Å². The van der Waals surface area contributed by atoms with Crippen LogP contribution in [0.25, 0.3) is 0 Å². The fourth-order valence-corrected chi connectivity index (χ4v) is 1.14. The van der Waals surface area contributed by atoms with Crippen LogP contribution in [0.3, 0.4) is 0 Å². The molecule has 1 aromatic rings. The molecule has 0 radical (unpaired) electrons. The first-order chi connectivity index (χ1) is 4.77. The number of nitrogens with one attached hydrogen (secondary N) is 1. The van der Waals surface area contributed by atoms with Gasteiger partial charge in [-0.3, -0.25) is 4.79 Å². The molecule has 0 aliphatic carbocycles. The Morgan fingerprint density at radius 2 is 2.50 bits per heavy atom. The summed E-state index contributed by atoms with van der Waals surface area (Å²) in [5.41, 5.74) is 0.692. The summed E-state index contributed by atoms with van der Waals surface area (Å²) in [7, 11) is 0. The Morgan fingerprint density at radius 1 is 1.70 bits per heavy atom. The molecule has 0 saturated carbocycles. The summed E-state index contributed by atoms with van der Waals surface area (Å²) in [6.45, 7) is 2.38. The average Bonchev–Trinajstić information content (AvgIpc) is 2.35. The van der Waals surface area contributed by atoms with Crippen LogP contribution in [0.2, 0.25) is 0 Å². The normalized spacial score (nSPS) is 15.1. The third-order valence-electron chi connectivity index (χ3n) is 1.59. The molecule has 0 spiro atoms. The van der Waals surface area contributed by atoms with Gasteiger partial charge in [-0.05, 0) is 13.0 Å². The number of rotatable bonds is 0. The molecule has 0 fully saturated rings. The van der Waals surface area contributed by atoms with Crippen LogP contribution in [-0.2, 0) is 6.54 Å². The lowest BCUT2D eigenvalue weighted by Crippen LogP contribution is -2.12. The van der Waals surface area contributed by atoms with Gasteiger partial charge in [0.15, 0.2) is 0 Å². The quantitative estimate of drug-likeness (QED) is 0.575. The Bertz CT molecular complexity index is 288. The van der Waals surface area contributed by atoms with Crippen molar-refractivity contribution in [3.8, 4) is 0 Å². The minimum atomic E-state index is -0.0214. The molecular formula is C7H7NO2. The van der Waals surface area contributed by atoms with Gasteiger partial charge in [0.05, 0.1) is 12.1 Å². The number of furan rings is 1. The van der Waals surface area contributed by atoms with Crippen LogP contribution in [0, 0.1) is 6.92 Å². The molecule has 1 aliphatic heterocycles. The Morgan fingerprint density at radius 3 is 3.20 bits per heavy atom. The molecule has 2 heterocycles. The van der Waals surface area contributed by atoms with E-state index in [-0.39, 0.29) is 5.91 Å². The van der Waals surface area contributed by atoms with Crippen molar-refractivity contribution in [3.05, 3.63) is 23.2 Å². The molecule has 0 bridgehead atoms. The van der Waals surface area contributed by atoms with Gasteiger partial charge in [0.1, 0.15) is 11.5 Å². The monoisotopic (exact) mass is 137 g/mol. The second kappa shape index (κ2) is 1.62. The third-order valence-corrected chi connectivity index (χ3v) is 1.59. The third kappa shape index (κ3) is 0.572. The van der Waals surface area contributed by atoms with Gasteiger partial charge in [0.25, 0.3) is 5.91 Å². The van der Waals surface area contributed by atoms with E-state index in [0.29, 0.717) is 12.1 Å². The van der Waals surface area contributed by atoms with E-state index in [4.69, 9.17) is 4.42 Å². The first-order valence-electron chi connectivity index (χ1n) is 3.15. The van der Waals surface area contributed by atoms with Crippen molar-refractivity contribution in [1.82, 2.24) is 5.32 Å². The highest BCUT2D eigenvalue weighted by molar-refractivity contribution is 5.97. The SMILES string of the molecule is Cc1cc2c(o1)CNC2=O. The highest BCUT2D eigenvalue weighted by atomic mass is 16.3. The molecule has 0 aromatic carbocycles. The van der Waals surface area contributed by atoms with E-state index < -0.39 is 0 Å². The van der Waals surface area contributed by atoms with E-state index >= 15 is 0 Å². The van der Waals surface area contributed by atoms with Crippen LogP contribution in [0.15, 0.2) is 10.5 Å². The van der Waals surface area contributed by atoms with E-state index in [1.54, 1.807) is 6.07 Å². The van der Waals surface area contributed by atoms with Crippen molar-refractivity contribution in [2.45, 2.75) is 13.5 Å². The van der Waals surface area contributed by atoms with Gasteiger partial charge >= 0.3 is 0 Å². The minimum absolute atomic E-state index is 0.0214. The smallest absolute Gasteiger partial charge is 0.255 e. The van der Waals surface area contributed by atoms with Crippen LogP contribution in [0.4, 0.5) is 0 Å². The Labute approximate surface area is 58.0 Å². The zero-order chi connectivity index (χ0) is 7.14. The summed E-state index contributed by atoms with van der Waals surface area (Å²) >= 11 is 0. The fourth-order valence-electron chi connectivity index (χ4n) is 1.14. The van der Waals surface area contributed by atoms with Crippen LogP contribution < -0.4 is 5.32 Å². The first kappa shape index (κ1) is 5.53. The summed E-state index contributed by atoms with van der Waals surface area (Å²) in [5.74, 6) is 1.55. The van der Waals surface area contributed by atoms with Crippen LogP contribution in [0.1, 0.15) is 21.9 Å². The molecule has 1 amide bonds. The van der Waals surface area contributed by atoms with Gasteiger partial charge in [-0.2, -0.15) is 0 Å². The highest BCUT2D eigenvalue weighted by Gasteiger charge is 2.22. The molecule has 3 nitrogen and oxygen atoms in total. The van der Waals surface area contributed by atoms with Gasteiger partial charge in [0, 0.05) is 0 Å². The Hall–Kier alpha value is -1.25. The summed E-state index contributed by atoms with van der Waals surface area (Å²) < 4.78 is 5.21. The molecule has 1 aromatic heterocycles. The lowest BCUT2D eigenvalue weighted by molar-refractivity contribution is 0.0965. The average molecular weight is 137 g/mol. The molecule has 1 N–H and O–H groups in total. The molecule has 10 heavy (non-hydrogen) atoms. The van der Waals surface area contributed by atoms with E-state index in [2.05, 4.69) is 5.32 Å². The maximum atomic E-state index is 10.9. The standard InChI is InChI=1S/C7H7NO2/c1-4-2-5-6(10-4)3-8-7(5)9/h2H,3H2,1H3,(H,8,9). The number of carbonyl (C=O) groups excluding carboxylic acids is 1. The first-order valence-corrected chi connectivity index (χ1v) is 3.15. The number of aryl methyl sites for hydroxylation is 1. The summed E-state index contributed by atoms with van der Waals surface area (Å²) in [5, 5.41) is 2.66. The topological polar surface area (TPSA) is 42.2 Å². The molecule has 2 rings (SSSR count).